The molecule has 0 saturated carbocycles. The summed E-state index contributed by atoms with van der Waals surface area (Å²) in [5.41, 5.74) is 1.87. The molecule has 4 nitrogen and oxygen atoms in total. The molecule has 0 saturated heterocycles. The number of nitrogens with one attached hydrogen (secondary N) is 1. The number of carbonyl (C=O) groups is 1. The molecule has 0 aliphatic carbocycles. The van der Waals surface area contributed by atoms with Crippen LogP contribution in [-0.4, -0.2) is 19.1 Å². The van der Waals surface area contributed by atoms with Gasteiger partial charge in [0.25, 0.3) is 5.91 Å². The van der Waals surface area contributed by atoms with Crippen LogP contribution in [0.25, 0.3) is 0 Å². The Hall–Kier alpha value is -2.69. The molecule has 0 bridgehead atoms. The van der Waals surface area contributed by atoms with Crippen molar-refractivity contribution in [2.75, 3.05) is 18.5 Å². The molecule has 1 N–H and O–H groups in total. The van der Waals surface area contributed by atoms with E-state index in [1.807, 2.05) is 36.4 Å². The molecule has 6 heteroatoms. The number of anilines is 1. The predicted molar refractivity (Wildman–Crippen MR) is 117 cm³/mol. The summed E-state index contributed by atoms with van der Waals surface area (Å²) >= 11 is 11.9. The Morgan fingerprint density at radius 1 is 0.862 bits per heavy atom. The van der Waals surface area contributed by atoms with Gasteiger partial charge in [-0.2, -0.15) is 0 Å². The van der Waals surface area contributed by atoms with Crippen molar-refractivity contribution in [3.63, 3.8) is 0 Å². The molecule has 0 spiro atoms. The number of carbonyl (C=O) groups excluding carboxylic acids is 1. The first-order valence-electron chi connectivity index (χ1n) is 9.25. The average molecular weight is 430 g/mol. The van der Waals surface area contributed by atoms with Crippen LogP contribution in [0.4, 0.5) is 5.69 Å². The van der Waals surface area contributed by atoms with E-state index >= 15 is 0 Å². The Morgan fingerprint density at radius 3 is 2.41 bits per heavy atom. The zero-order chi connectivity index (χ0) is 20.5. The van der Waals surface area contributed by atoms with Gasteiger partial charge in [0.2, 0.25) is 0 Å². The largest absolute Gasteiger partial charge is 0.491 e. The second-order valence-corrected chi connectivity index (χ2v) is 7.19. The van der Waals surface area contributed by atoms with Crippen LogP contribution in [0.15, 0.2) is 72.8 Å². The number of hydrogen-bond acceptors (Lipinski definition) is 3. The normalized spacial score (nSPS) is 10.4. The van der Waals surface area contributed by atoms with Gasteiger partial charge in [-0.05, 0) is 48.7 Å². The van der Waals surface area contributed by atoms with Gasteiger partial charge in [0.05, 0.1) is 17.3 Å². The van der Waals surface area contributed by atoms with E-state index in [9.17, 15) is 4.79 Å². The van der Waals surface area contributed by atoms with Crippen LogP contribution in [0.3, 0.4) is 0 Å². The fraction of sp³-hybridized carbons (Fsp3) is 0.174. The molecule has 0 aliphatic rings. The molecular weight excluding hydrogens is 409 g/mol. The topological polar surface area (TPSA) is 47.6 Å². The molecule has 0 heterocycles. The van der Waals surface area contributed by atoms with Gasteiger partial charge < -0.3 is 14.8 Å². The van der Waals surface area contributed by atoms with E-state index in [0.29, 0.717) is 33.8 Å². The molecule has 0 aliphatic heterocycles. The average Bonchev–Trinajstić information content (AvgIpc) is 2.72. The summed E-state index contributed by atoms with van der Waals surface area (Å²) in [6, 6.07) is 22.4. The van der Waals surface area contributed by atoms with Gasteiger partial charge in [-0.25, -0.2) is 0 Å². The summed E-state index contributed by atoms with van der Waals surface area (Å²) in [6.07, 6.45) is 1.82. The summed E-state index contributed by atoms with van der Waals surface area (Å²) in [7, 11) is 0. The van der Waals surface area contributed by atoms with E-state index in [1.54, 1.807) is 24.3 Å². The van der Waals surface area contributed by atoms with Crippen molar-refractivity contribution in [3.05, 3.63) is 88.4 Å². The lowest BCUT2D eigenvalue weighted by Gasteiger charge is -2.13. The molecule has 3 rings (SSSR count). The first-order chi connectivity index (χ1) is 14.1. The Bertz CT molecular complexity index is 948. The Labute approximate surface area is 180 Å². The number of ether oxygens (including phenoxy) is 2. The summed E-state index contributed by atoms with van der Waals surface area (Å²) < 4.78 is 11.3. The smallest absolute Gasteiger partial charge is 0.262 e. The predicted octanol–water partition coefficient (Wildman–Crippen LogP) is 6.02. The van der Waals surface area contributed by atoms with Crippen LogP contribution in [0.2, 0.25) is 10.0 Å². The van der Waals surface area contributed by atoms with E-state index < -0.39 is 0 Å². The summed E-state index contributed by atoms with van der Waals surface area (Å²) in [5.74, 6) is 0.714. The van der Waals surface area contributed by atoms with Crippen molar-refractivity contribution in [2.24, 2.45) is 0 Å². The Morgan fingerprint density at radius 2 is 1.62 bits per heavy atom. The highest BCUT2D eigenvalue weighted by Crippen LogP contribution is 2.28. The van der Waals surface area contributed by atoms with E-state index in [2.05, 4.69) is 17.4 Å². The highest BCUT2D eigenvalue weighted by Gasteiger charge is 2.10. The third kappa shape index (κ3) is 6.70. The maximum atomic E-state index is 12.3. The minimum Gasteiger partial charge on any atom is -0.491 e. The second kappa shape index (κ2) is 10.7. The number of amides is 1. The summed E-state index contributed by atoms with van der Waals surface area (Å²) in [5, 5.41) is 3.67. The van der Waals surface area contributed by atoms with Gasteiger partial charge in [-0.15, -0.1) is 0 Å². The van der Waals surface area contributed by atoms with Crippen molar-refractivity contribution in [3.8, 4) is 11.5 Å². The van der Waals surface area contributed by atoms with Gasteiger partial charge in [-0.3, -0.25) is 4.79 Å². The number of halogens is 2. The summed E-state index contributed by atoms with van der Waals surface area (Å²) in [6.45, 7) is 0.377. The monoisotopic (exact) mass is 429 g/mol. The second-order valence-electron chi connectivity index (χ2n) is 6.35. The molecule has 150 valence electrons. The lowest BCUT2D eigenvalue weighted by Crippen LogP contribution is -2.20. The molecular formula is C23H21Cl2NO3. The van der Waals surface area contributed by atoms with Gasteiger partial charge >= 0.3 is 0 Å². The first kappa shape index (κ1) is 21.0. The fourth-order valence-electron chi connectivity index (χ4n) is 2.72. The van der Waals surface area contributed by atoms with E-state index in [1.165, 1.54) is 5.56 Å². The first-order valence-corrected chi connectivity index (χ1v) is 10.0. The Balaban J connectivity index is 1.49. The highest BCUT2D eigenvalue weighted by molar-refractivity contribution is 6.35. The molecule has 0 unspecified atom stereocenters. The van der Waals surface area contributed by atoms with Gasteiger partial charge in [-0.1, -0.05) is 65.7 Å². The van der Waals surface area contributed by atoms with Crippen LogP contribution >= 0.6 is 23.2 Å². The zero-order valence-electron chi connectivity index (χ0n) is 15.7. The maximum Gasteiger partial charge on any atom is 0.262 e. The SMILES string of the molecule is O=C(COc1ccc(Cl)cc1Cl)Nc1ccccc1OCCCc1ccccc1. The highest BCUT2D eigenvalue weighted by atomic mass is 35.5. The molecule has 3 aromatic rings. The molecule has 0 aromatic heterocycles. The Kier molecular flexibility index (Phi) is 7.79. The number of rotatable bonds is 9. The van der Waals surface area contributed by atoms with Crippen molar-refractivity contribution >= 4 is 34.8 Å². The number of para-hydroxylation sites is 2. The molecule has 3 aromatic carbocycles. The van der Waals surface area contributed by atoms with Gasteiger partial charge in [0.15, 0.2) is 6.61 Å². The van der Waals surface area contributed by atoms with Crippen LogP contribution < -0.4 is 14.8 Å². The molecule has 0 atom stereocenters. The van der Waals surface area contributed by atoms with Crippen molar-refractivity contribution in [2.45, 2.75) is 12.8 Å². The van der Waals surface area contributed by atoms with Crippen LogP contribution in [0, 0.1) is 0 Å². The molecule has 1 amide bonds. The van der Waals surface area contributed by atoms with E-state index in [4.69, 9.17) is 32.7 Å². The van der Waals surface area contributed by atoms with Crippen LogP contribution in [0.1, 0.15) is 12.0 Å². The quantitative estimate of drug-likeness (QED) is 0.422. The number of aryl methyl sites for hydroxylation is 1. The van der Waals surface area contributed by atoms with Gasteiger partial charge in [0, 0.05) is 5.02 Å². The third-order valence-electron chi connectivity index (χ3n) is 4.12. The van der Waals surface area contributed by atoms with Crippen LogP contribution in [0.5, 0.6) is 11.5 Å². The standard InChI is InChI=1S/C23H21Cl2NO3/c24-18-12-13-21(19(25)15-18)29-16-23(27)26-20-10-4-5-11-22(20)28-14-6-9-17-7-2-1-3-8-17/h1-5,7-8,10-13,15H,6,9,14,16H2,(H,26,27). The fourth-order valence-corrected chi connectivity index (χ4v) is 3.18. The molecule has 29 heavy (non-hydrogen) atoms. The number of hydrogen-bond donors (Lipinski definition) is 1. The number of benzene rings is 3. The zero-order valence-corrected chi connectivity index (χ0v) is 17.2. The minimum absolute atomic E-state index is 0.177. The molecule has 0 radical (unpaired) electrons. The van der Waals surface area contributed by atoms with Crippen molar-refractivity contribution in [1.82, 2.24) is 0 Å². The van der Waals surface area contributed by atoms with Crippen LogP contribution in [-0.2, 0) is 11.2 Å². The summed E-state index contributed by atoms with van der Waals surface area (Å²) in [4.78, 5) is 12.3. The lowest BCUT2D eigenvalue weighted by molar-refractivity contribution is -0.118. The van der Waals surface area contributed by atoms with Gasteiger partial charge in [0.1, 0.15) is 11.5 Å². The van der Waals surface area contributed by atoms with Crippen molar-refractivity contribution in [1.29, 1.82) is 0 Å². The van der Waals surface area contributed by atoms with E-state index in [-0.39, 0.29) is 12.5 Å². The lowest BCUT2D eigenvalue weighted by atomic mass is 10.1. The third-order valence-corrected chi connectivity index (χ3v) is 4.65. The molecule has 0 fully saturated rings. The van der Waals surface area contributed by atoms with E-state index in [0.717, 1.165) is 12.8 Å². The van der Waals surface area contributed by atoms with Crippen molar-refractivity contribution < 1.29 is 14.3 Å². The minimum atomic E-state index is -0.309. The maximum absolute atomic E-state index is 12.3.